The highest BCUT2D eigenvalue weighted by atomic mass is 35.5. The summed E-state index contributed by atoms with van der Waals surface area (Å²) in [5.41, 5.74) is 0. The second kappa shape index (κ2) is 7.81. The molecule has 0 aromatic heterocycles. The summed E-state index contributed by atoms with van der Waals surface area (Å²) in [6.07, 6.45) is 0. The van der Waals surface area contributed by atoms with E-state index in [9.17, 15) is 13.2 Å². The van der Waals surface area contributed by atoms with Crippen LogP contribution in [0.3, 0.4) is 0 Å². The van der Waals surface area contributed by atoms with Gasteiger partial charge >= 0.3 is 0 Å². The van der Waals surface area contributed by atoms with Gasteiger partial charge in [0.25, 0.3) is 0 Å². The molecular weight excluding hydrogens is 361 g/mol. The number of amides is 1. The van der Waals surface area contributed by atoms with Gasteiger partial charge in [-0.25, -0.2) is 8.42 Å². The van der Waals surface area contributed by atoms with Gasteiger partial charge < -0.3 is 10.2 Å². The minimum Gasteiger partial charge on any atom is -0.351 e. The first-order valence-corrected chi connectivity index (χ1v) is 9.54. The number of carbonyl (C=O) groups excluding carboxylic acids is 1. The van der Waals surface area contributed by atoms with E-state index in [1.54, 1.807) is 12.1 Å². The van der Waals surface area contributed by atoms with Crippen molar-refractivity contribution in [3.63, 3.8) is 0 Å². The average Bonchev–Trinajstić information content (AvgIpc) is 2.50. The summed E-state index contributed by atoms with van der Waals surface area (Å²) in [6, 6.07) is 4.61. The Morgan fingerprint density at radius 1 is 1.30 bits per heavy atom. The number of carbonyl (C=O) groups is 1. The topological polar surface area (TPSA) is 70.9 Å². The first kappa shape index (κ1) is 18.5. The number of halogens is 2. The first-order chi connectivity index (χ1) is 10.8. The van der Waals surface area contributed by atoms with E-state index in [0.29, 0.717) is 32.7 Å². The van der Waals surface area contributed by atoms with Gasteiger partial charge in [0.1, 0.15) is 4.90 Å². The van der Waals surface area contributed by atoms with Gasteiger partial charge in [0.2, 0.25) is 15.9 Å². The third-order valence-electron chi connectivity index (χ3n) is 3.82. The summed E-state index contributed by atoms with van der Waals surface area (Å²) in [7, 11) is -3.64. The van der Waals surface area contributed by atoms with Crippen LogP contribution in [-0.2, 0) is 14.8 Å². The minimum absolute atomic E-state index is 0.0494. The summed E-state index contributed by atoms with van der Waals surface area (Å²) < 4.78 is 26.8. The van der Waals surface area contributed by atoms with Gasteiger partial charge in [-0.2, -0.15) is 4.31 Å². The third kappa shape index (κ3) is 4.58. The largest absolute Gasteiger partial charge is 0.351 e. The van der Waals surface area contributed by atoms with Gasteiger partial charge in [0.15, 0.2) is 0 Å². The van der Waals surface area contributed by atoms with Gasteiger partial charge in [-0.1, -0.05) is 29.3 Å². The van der Waals surface area contributed by atoms with Crippen molar-refractivity contribution >= 4 is 39.1 Å². The lowest BCUT2D eigenvalue weighted by atomic mass is 10.3. The molecule has 9 heteroatoms. The molecule has 0 saturated carbocycles. The molecule has 1 saturated heterocycles. The van der Waals surface area contributed by atoms with Crippen molar-refractivity contribution in [2.75, 3.05) is 39.3 Å². The number of rotatable bonds is 5. The fourth-order valence-corrected chi connectivity index (χ4v) is 4.71. The van der Waals surface area contributed by atoms with Gasteiger partial charge in [-0.15, -0.1) is 0 Å². The zero-order chi connectivity index (χ0) is 17.0. The molecule has 0 unspecified atom stereocenters. The second-order valence-electron chi connectivity index (χ2n) is 5.44. The van der Waals surface area contributed by atoms with Crippen molar-refractivity contribution in [3.05, 3.63) is 28.2 Å². The van der Waals surface area contributed by atoms with Crippen molar-refractivity contribution in [1.29, 1.82) is 0 Å². The quantitative estimate of drug-likeness (QED) is 0.756. The van der Waals surface area contributed by atoms with Crippen LogP contribution < -0.4 is 10.2 Å². The summed E-state index contributed by atoms with van der Waals surface area (Å²) in [6.45, 7) is 5.08. The van der Waals surface area contributed by atoms with E-state index >= 15 is 0 Å². The number of sulfonamides is 1. The van der Waals surface area contributed by atoms with Crippen LogP contribution in [0.1, 0.15) is 6.92 Å². The van der Waals surface area contributed by atoms with Gasteiger partial charge in [-0.05, 0) is 12.1 Å². The lowest BCUT2D eigenvalue weighted by Crippen LogP contribution is -3.15. The van der Waals surface area contributed by atoms with Crippen molar-refractivity contribution in [2.24, 2.45) is 0 Å². The van der Waals surface area contributed by atoms with Crippen LogP contribution in [0.25, 0.3) is 0 Å². The van der Waals surface area contributed by atoms with Gasteiger partial charge in [-0.3, -0.25) is 4.79 Å². The van der Waals surface area contributed by atoms with Crippen molar-refractivity contribution in [2.45, 2.75) is 11.8 Å². The zero-order valence-electron chi connectivity index (χ0n) is 12.8. The van der Waals surface area contributed by atoms with Crippen LogP contribution in [0.5, 0.6) is 0 Å². The third-order valence-corrected chi connectivity index (χ3v) is 6.69. The number of benzene rings is 1. The van der Waals surface area contributed by atoms with E-state index in [2.05, 4.69) is 5.32 Å². The van der Waals surface area contributed by atoms with Crippen LogP contribution in [0.2, 0.25) is 10.0 Å². The van der Waals surface area contributed by atoms with Crippen molar-refractivity contribution in [3.8, 4) is 0 Å². The van der Waals surface area contributed by atoms with E-state index in [1.807, 2.05) is 0 Å². The number of piperazine rings is 1. The van der Waals surface area contributed by atoms with Crippen LogP contribution in [0, 0.1) is 0 Å². The first-order valence-electron chi connectivity index (χ1n) is 7.34. The molecule has 1 aliphatic rings. The van der Waals surface area contributed by atoms with Crippen molar-refractivity contribution < 1.29 is 18.1 Å². The SMILES string of the molecule is CC(=O)NCC[NH+]1CCN(S(=O)(=O)c2cccc(Cl)c2Cl)CC1. The molecular formula is C14H20Cl2N3O3S+. The molecule has 2 rings (SSSR count). The molecule has 128 valence electrons. The smallest absolute Gasteiger partial charge is 0.245 e. The molecule has 0 radical (unpaired) electrons. The fraction of sp³-hybridized carbons (Fsp3) is 0.500. The number of quaternary nitrogens is 1. The number of nitrogens with one attached hydrogen (secondary N) is 2. The normalized spacial score (nSPS) is 17.2. The molecule has 1 fully saturated rings. The lowest BCUT2D eigenvalue weighted by molar-refractivity contribution is -0.902. The lowest BCUT2D eigenvalue weighted by Gasteiger charge is -2.31. The van der Waals surface area contributed by atoms with E-state index in [-0.39, 0.29) is 20.8 Å². The number of hydrogen-bond acceptors (Lipinski definition) is 3. The van der Waals surface area contributed by atoms with Crippen LogP contribution in [0.4, 0.5) is 0 Å². The molecule has 1 aromatic rings. The predicted molar refractivity (Wildman–Crippen MR) is 89.5 cm³/mol. The van der Waals surface area contributed by atoms with Crippen LogP contribution in [0.15, 0.2) is 23.1 Å². The van der Waals surface area contributed by atoms with E-state index in [0.717, 1.165) is 6.54 Å². The maximum atomic E-state index is 12.7. The Kier molecular flexibility index (Phi) is 6.27. The zero-order valence-corrected chi connectivity index (χ0v) is 15.1. The van der Waals surface area contributed by atoms with Crippen LogP contribution >= 0.6 is 23.2 Å². The number of nitrogens with zero attached hydrogens (tertiary/aromatic N) is 1. The Bertz CT molecular complexity index is 674. The second-order valence-corrected chi connectivity index (χ2v) is 8.13. The molecule has 1 heterocycles. The summed E-state index contributed by atoms with van der Waals surface area (Å²) in [4.78, 5) is 12.2. The fourth-order valence-electron chi connectivity index (χ4n) is 2.53. The summed E-state index contributed by atoms with van der Waals surface area (Å²) in [5, 5.41) is 3.04. The Morgan fingerprint density at radius 3 is 2.57 bits per heavy atom. The van der Waals surface area contributed by atoms with Gasteiger partial charge in [0, 0.05) is 6.92 Å². The highest BCUT2D eigenvalue weighted by Gasteiger charge is 2.32. The molecule has 0 bridgehead atoms. The maximum Gasteiger partial charge on any atom is 0.245 e. The maximum absolute atomic E-state index is 12.7. The Labute approximate surface area is 146 Å². The molecule has 0 aliphatic carbocycles. The van der Waals surface area contributed by atoms with E-state index < -0.39 is 10.0 Å². The van der Waals surface area contributed by atoms with Crippen molar-refractivity contribution in [1.82, 2.24) is 9.62 Å². The standard InChI is InChI=1S/C14H19Cl2N3O3S/c1-11(20)17-5-6-18-7-9-19(10-8-18)23(21,22)13-4-2-3-12(15)14(13)16/h2-4H,5-10H2,1H3,(H,17,20)/p+1. The predicted octanol–water partition coefficient (Wildman–Crippen LogP) is 0.0187. The molecule has 6 nitrogen and oxygen atoms in total. The Hall–Kier alpha value is -0.860. The van der Waals surface area contributed by atoms with E-state index in [4.69, 9.17) is 23.2 Å². The molecule has 0 spiro atoms. The molecule has 2 N–H and O–H groups in total. The summed E-state index contributed by atoms with van der Waals surface area (Å²) in [5.74, 6) is -0.0544. The minimum atomic E-state index is -3.64. The molecule has 1 aromatic carbocycles. The molecule has 23 heavy (non-hydrogen) atoms. The molecule has 1 amide bonds. The average molecular weight is 381 g/mol. The Morgan fingerprint density at radius 2 is 1.96 bits per heavy atom. The molecule has 1 aliphatic heterocycles. The highest BCUT2D eigenvalue weighted by molar-refractivity contribution is 7.89. The Balaban J connectivity index is 1.99. The highest BCUT2D eigenvalue weighted by Crippen LogP contribution is 2.30. The molecule has 0 atom stereocenters. The van der Waals surface area contributed by atoms with Gasteiger partial charge in [0.05, 0.1) is 49.3 Å². The van der Waals surface area contributed by atoms with E-state index in [1.165, 1.54) is 22.2 Å². The van der Waals surface area contributed by atoms with Crippen LogP contribution in [-0.4, -0.2) is 57.9 Å². The monoisotopic (exact) mass is 380 g/mol. The number of hydrogen-bond donors (Lipinski definition) is 2. The summed E-state index contributed by atoms with van der Waals surface area (Å²) >= 11 is 12.0.